The van der Waals surface area contributed by atoms with Gasteiger partial charge in [0, 0.05) is 12.4 Å². The molecule has 0 aliphatic rings. The van der Waals surface area contributed by atoms with E-state index in [4.69, 9.17) is 0 Å². The van der Waals surface area contributed by atoms with Crippen LogP contribution in [0.2, 0.25) is 0 Å². The van der Waals surface area contributed by atoms with Crippen molar-refractivity contribution in [3.05, 3.63) is 37.1 Å². The van der Waals surface area contributed by atoms with E-state index in [0.29, 0.717) is 0 Å². The van der Waals surface area contributed by atoms with E-state index in [9.17, 15) is 0 Å². The lowest BCUT2D eigenvalue weighted by molar-refractivity contribution is 1.20. The van der Waals surface area contributed by atoms with Crippen molar-refractivity contribution < 1.29 is 0 Å². The molecule has 0 amide bonds. The van der Waals surface area contributed by atoms with Crippen LogP contribution in [0, 0.1) is 0 Å². The highest BCUT2D eigenvalue weighted by molar-refractivity contribution is 5.71. The second kappa shape index (κ2) is 8.89. The molecule has 0 aliphatic heterocycles. The molecule has 1 heteroatoms. The molecule has 0 saturated carbocycles. The molecule has 0 rings (SSSR count). The van der Waals surface area contributed by atoms with E-state index in [0.717, 1.165) is 12.8 Å². The minimum Gasteiger partial charge on any atom is -0.265 e. The molecule has 0 radical (unpaired) electrons. The van der Waals surface area contributed by atoms with Gasteiger partial charge in [-0.05, 0) is 18.9 Å². The Morgan fingerprint density at radius 3 is 2.73 bits per heavy atom. The lowest BCUT2D eigenvalue weighted by Crippen LogP contribution is -1.62. The molecule has 60 valence electrons. The van der Waals surface area contributed by atoms with Crippen molar-refractivity contribution in [3.63, 3.8) is 0 Å². The molecule has 0 N–H and O–H groups in total. The number of rotatable bonds is 5. The Bertz CT molecular complexity index is 164. The van der Waals surface area contributed by atoms with Crippen LogP contribution in [0.15, 0.2) is 42.1 Å². The van der Waals surface area contributed by atoms with Crippen molar-refractivity contribution in [2.24, 2.45) is 4.99 Å². The normalized spacial score (nSPS) is 12.1. The first-order chi connectivity index (χ1) is 5.41. The van der Waals surface area contributed by atoms with Gasteiger partial charge in [0.2, 0.25) is 0 Å². The predicted molar refractivity (Wildman–Crippen MR) is 51.9 cm³/mol. The Balaban J connectivity index is 3.36. The SMILES string of the molecule is C=CN=C/C=C/C/C=C/CC. The van der Waals surface area contributed by atoms with Gasteiger partial charge in [-0.15, -0.1) is 0 Å². The van der Waals surface area contributed by atoms with Crippen LogP contribution < -0.4 is 0 Å². The van der Waals surface area contributed by atoms with Gasteiger partial charge < -0.3 is 0 Å². The van der Waals surface area contributed by atoms with Crippen LogP contribution in [0.1, 0.15) is 19.8 Å². The fourth-order valence-corrected chi connectivity index (χ4v) is 0.591. The molecule has 0 aromatic heterocycles. The number of nitrogens with zero attached hydrogens (tertiary/aromatic N) is 1. The summed E-state index contributed by atoms with van der Waals surface area (Å²) in [5.41, 5.74) is 0. The van der Waals surface area contributed by atoms with Crippen LogP contribution in [0.3, 0.4) is 0 Å². The van der Waals surface area contributed by atoms with Gasteiger partial charge in [0.15, 0.2) is 0 Å². The van der Waals surface area contributed by atoms with E-state index in [1.165, 1.54) is 6.20 Å². The number of allylic oxidation sites excluding steroid dienone is 4. The smallest absolute Gasteiger partial charge is 0.0264 e. The van der Waals surface area contributed by atoms with Gasteiger partial charge >= 0.3 is 0 Å². The number of aliphatic imine (C=N–C) groups is 1. The third kappa shape index (κ3) is 8.89. The minimum absolute atomic E-state index is 0.983. The van der Waals surface area contributed by atoms with Gasteiger partial charge in [-0.1, -0.05) is 31.7 Å². The summed E-state index contributed by atoms with van der Waals surface area (Å²) in [6.45, 7) is 5.59. The second-order valence-corrected chi connectivity index (χ2v) is 2.02. The summed E-state index contributed by atoms with van der Waals surface area (Å²) in [5.74, 6) is 0. The first kappa shape index (κ1) is 9.89. The molecule has 1 nitrogen and oxygen atoms in total. The first-order valence-corrected chi connectivity index (χ1v) is 3.86. The van der Waals surface area contributed by atoms with E-state index in [2.05, 4.69) is 36.7 Å². The van der Waals surface area contributed by atoms with Gasteiger partial charge in [-0.25, -0.2) is 0 Å². The molecular weight excluding hydrogens is 134 g/mol. The van der Waals surface area contributed by atoms with Crippen molar-refractivity contribution in [3.8, 4) is 0 Å². The van der Waals surface area contributed by atoms with Gasteiger partial charge in [0.1, 0.15) is 0 Å². The van der Waals surface area contributed by atoms with E-state index >= 15 is 0 Å². The highest BCUT2D eigenvalue weighted by Gasteiger charge is 1.67. The lowest BCUT2D eigenvalue weighted by atomic mass is 10.3. The standard InChI is InChI=1S/C10H15N/c1-3-5-6-7-8-9-10-11-4-2/h4-6,8-10H,2-3,7H2,1H3/b6-5+,9-8+,11-10?. The monoisotopic (exact) mass is 149 g/mol. The number of hydrogen-bond acceptors (Lipinski definition) is 1. The Labute approximate surface area is 68.9 Å². The van der Waals surface area contributed by atoms with Crippen LogP contribution >= 0.6 is 0 Å². The van der Waals surface area contributed by atoms with Gasteiger partial charge in [0.05, 0.1) is 0 Å². The molecule has 0 atom stereocenters. The summed E-state index contributed by atoms with van der Waals surface area (Å²) in [4.78, 5) is 3.82. The summed E-state index contributed by atoms with van der Waals surface area (Å²) in [6, 6.07) is 0. The highest BCUT2D eigenvalue weighted by Crippen LogP contribution is 1.87. The van der Waals surface area contributed by atoms with E-state index < -0.39 is 0 Å². The average molecular weight is 149 g/mol. The second-order valence-electron chi connectivity index (χ2n) is 2.02. The van der Waals surface area contributed by atoms with E-state index in [1.807, 2.05) is 6.08 Å². The fourth-order valence-electron chi connectivity index (χ4n) is 0.591. The van der Waals surface area contributed by atoms with Crippen molar-refractivity contribution in [2.75, 3.05) is 0 Å². The Morgan fingerprint density at radius 1 is 1.27 bits per heavy atom. The maximum absolute atomic E-state index is 3.82. The van der Waals surface area contributed by atoms with E-state index in [1.54, 1.807) is 6.21 Å². The molecule has 0 spiro atoms. The Kier molecular flexibility index (Phi) is 7.99. The molecule has 0 bridgehead atoms. The van der Waals surface area contributed by atoms with Crippen molar-refractivity contribution in [1.29, 1.82) is 0 Å². The molecular formula is C10H15N. The maximum Gasteiger partial charge on any atom is 0.0264 e. The molecule has 0 fully saturated rings. The number of hydrogen-bond donors (Lipinski definition) is 0. The minimum atomic E-state index is 0.983. The van der Waals surface area contributed by atoms with Crippen molar-refractivity contribution >= 4 is 6.21 Å². The van der Waals surface area contributed by atoms with Crippen LogP contribution in [-0.2, 0) is 0 Å². The van der Waals surface area contributed by atoms with Crippen LogP contribution in [0.25, 0.3) is 0 Å². The van der Waals surface area contributed by atoms with E-state index in [-0.39, 0.29) is 0 Å². The fraction of sp³-hybridized carbons (Fsp3) is 0.300. The molecule has 0 saturated heterocycles. The lowest BCUT2D eigenvalue weighted by Gasteiger charge is -1.78. The quantitative estimate of drug-likeness (QED) is 0.420. The van der Waals surface area contributed by atoms with Crippen LogP contribution in [0.5, 0.6) is 0 Å². The first-order valence-electron chi connectivity index (χ1n) is 3.86. The summed E-state index contributed by atoms with van der Waals surface area (Å²) in [5, 5.41) is 0. The summed E-state index contributed by atoms with van der Waals surface area (Å²) in [6.07, 6.45) is 13.6. The molecule has 0 unspecified atom stereocenters. The molecule has 0 aliphatic carbocycles. The summed E-state index contributed by atoms with van der Waals surface area (Å²) >= 11 is 0. The summed E-state index contributed by atoms with van der Waals surface area (Å²) in [7, 11) is 0. The van der Waals surface area contributed by atoms with Crippen molar-refractivity contribution in [2.45, 2.75) is 19.8 Å². The average Bonchev–Trinajstić information content (AvgIpc) is 2.03. The topological polar surface area (TPSA) is 12.4 Å². The zero-order valence-electron chi connectivity index (χ0n) is 7.03. The van der Waals surface area contributed by atoms with Gasteiger partial charge in [-0.2, -0.15) is 0 Å². The maximum atomic E-state index is 3.82. The third-order valence-corrected chi connectivity index (χ3v) is 1.09. The summed E-state index contributed by atoms with van der Waals surface area (Å²) < 4.78 is 0. The van der Waals surface area contributed by atoms with Gasteiger partial charge in [0.25, 0.3) is 0 Å². The predicted octanol–water partition coefficient (Wildman–Crippen LogP) is 3.11. The Morgan fingerprint density at radius 2 is 2.09 bits per heavy atom. The zero-order valence-corrected chi connectivity index (χ0v) is 7.03. The molecule has 11 heavy (non-hydrogen) atoms. The molecule has 0 aromatic carbocycles. The highest BCUT2D eigenvalue weighted by atomic mass is 14.6. The van der Waals surface area contributed by atoms with Crippen LogP contribution in [-0.4, -0.2) is 6.21 Å². The van der Waals surface area contributed by atoms with Gasteiger partial charge in [-0.3, -0.25) is 4.99 Å². The zero-order chi connectivity index (χ0) is 8.36. The van der Waals surface area contributed by atoms with Crippen LogP contribution in [0.4, 0.5) is 0 Å². The third-order valence-electron chi connectivity index (χ3n) is 1.09. The largest absolute Gasteiger partial charge is 0.265 e. The molecule has 0 aromatic rings. The molecule has 0 heterocycles. The van der Waals surface area contributed by atoms with Crippen molar-refractivity contribution in [1.82, 2.24) is 0 Å². The Hall–Kier alpha value is -1.11.